The molecule has 0 aliphatic heterocycles. The van der Waals surface area contributed by atoms with Gasteiger partial charge in [0.25, 0.3) is 0 Å². The lowest BCUT2D eigenvalue weighted by Gasteiger charge is -2.09. The SMILES string of the molecule is Cn1cc2c(n1)C(O)CC=C2. The van der Waals surface area contributed by atoms with Crippen molar-refractivity contribution in [3.63, 3.8) is 0 Å². The Kier molecular flexibility index (Phi) is 1.32. The standard InChI is InChI=1S/C8H10N2O/c1-10-5-6-3-2-4-7(11)8(6)9-10/h2-3,5,7,11H,4H2,1H3. The summed E-state index contributed by atoms with van der Waals surface area (Å²) in [7, 11) is 1.86. The Bertz CT molecular complexity index is 301. The molecule has 0 bridgehead atoms. The molecule has 1 atom stereocenters. The fraction of sp³-hybridized carbons (Fsp3) is 0.375. The first-order valence-electron chi connectivity index (χ1n) is 3.65. The molecule has 1 N–H and O–H groups in total. The second-order valence-corrected chi connectivity index (χ2v) is 2.80. The Morgan fingerprint density at radius 2 is 2.55 bits per heavy atom. The second-order valence-electron chi connectivity index (χ2n) is 2.80. The van der Waals surface area contributed by atoms with E-state index in [1.807, 2.05) is 25.4 Å². The Labute approximate surface area is 65.0 Å². The van der Waals surface area contributed by atoms with Gasteiger partial charge in [0.2, 0.25) is 0 Å². The largest absolute Gasteiger partial charge is 0.386 e. The predicted molar refractivity (Wildman–Crippen MR) is 41.8 cm³/mol. The van der Waals surface area contributed by atoms with Crippen LogP contribution in [0.15, 0.2) is 12.3 Å². The highest BCUT2D eigenvalue weighted by molar-refractivity contribution is 5.54. The average Bonchev–Trinajstić information content (AvgIpc) is 2.31. The monoisotopic (exact) mass is 150 g/mol. The first-order chi connectivity index (χ1) is 5.27. The van der Waals surface area contributed by atoms with E-state index in [1.54, 1.807) is 4.68 Å². The van der Waals surface area contributed by atoms with Crippen molar-refractivity contribution in [3.8, 4) is 0 Å². The van der Waals surface area contributed by atoms with Crippen LogP contribution in [0.5, 0.6) is 0 Å². The third kappa shape index (κ3) is 0.973. The number of rotatable bonds is 0. The predicted octanol–water partition coefficient (Wildman–Crippen LogP) is 0.870. The summed E-state index contributed by atoms with van der Waals surface area (Å²) < 4.78 is 1.73. The van der Waals surface area contributed by atoms with Crippen LogP contribution in [0.2, 0.25) is 0 Å². The molecule has 0 amide bonds. The van der Waals surface area contributed by atoms with E-state index in [0.717, 1.165) is 11.3 Å². The Morgan fingerprint density at radius 3 is 3.27 bits per heavy atom. The van der Waals surface area contributed by atoms with Crippen LogP contribution in [0.25, 0.3) is 6.08 Å². The van der Waals surface area contributed by atoms with E-state index in [2.05, 4.69) is 5.10 Å². The third-order valence-electron chi connectivity index (χ3n) is 1.86. The van der Waals surface area contributed by atoms with Crippen LogP contribution in [-0.4, -0.2) is 14.9 Å². The van der Waals surface area contributed by atoms with Crippen LogP contribution >= 0.6 is 0 Å². The zero-order chi connectivity index (χ0) is 7.84. The number of nitrogens with zero attached hydrogens (tertiary/aromatic N) is 2. The fourth-order valence-electron chi connectivity index (χ4n) is 1.35. The highest BCUT2D eigenvalue weighted by Gasteiger charge is 2.16. The molecule has 0 spiro atoms. The summed E-state index contributed by atoms with van der Waals surface area (Å²) in [5.41, 5.74) is 1.83. The molecule has 1 aliphatic carbocycles. The average molecular weight is 150 g/mol. The molecule has 0 saturated heterocycles. The number of aryl methyl sites for hydroxylation is 1. The van der Waals surface area contributed by atoms with Gasteiger partial charge in [-0.1, -0.05) is 12.2 Å². The van der Waals surface area contributed by atoms with Gasteiger partial charge in [-0.25, -0.2) is 0 Å². The molecule has 1 unspecified atom stereocenters. The zero-order valence-electron chi connectivity index (χ0n) is 6.36. The Hall–Kier alpha value is -1.09. The minimum Gasteiger partial charge on any atom is -0.386 e. The zero-order valence-corrected chi connectivity index (χ0v) is 6.36. The lowest BCUT2D eigenvalue weighted by Crippen LogP contribution is -2.02. The summed E-state index contributed by atoms with van der Waals surface area (Å²) in [5.74, 6) is 0. The van der Waals surface area contributed by atoms with E-state index in [1.165, 1.54) is 0 Å². The summed E-state index contributed by atoms with van der Waals surface area (Å²) >= 11 is 0. The Balaban J connectivity index is 2.53. The quantitative estimate of drug-likeness (QED) is 0.596. The van der Waals surface area contributed by atoms with Gasteiger partial charge in [-0.05, 0) is 6.42 Å². The molecule has 11 heavy (non-hydrogen) atoms. The van der Waals surface area contributed by atoms with Crippen LogP contribution in [0.4, 0.5) is 0 Å². The molecule has 1 aromatic rings. The van der Waals surface area contributed by atoms with Crippen LogP contribution in [0.1, 0.15) is 23.8 Å². The lowest BCUT2D eigenvalue weighted by atomic mass is 10.0. The smallest absolute Gasteiger partial charge is 0.102 e. The molecular formula is C8H10N2O. The minimum atomic E-state index is -0.406. The highest BCUT2D eigenvalue weighted by Crippen LogP contribution is 2.25. The molecule has 2 rings (SSSR count). The van der Waals surface area contributed by atoms with Crippen LogP contribution in [0.3, 0.4) is 0 Å². The maximum Gasteiger partial charge on any atom is 0.102 e. The van der Waals surface area contributed by atoms with Crippen molar-refractivity contribution in [1.29, 1.82) is 0 Å². The van der Waals surface area contributed by atoms with Crippen molar-refractivity contribution in [2.24, 2.45) is 7.05 Å². The summed E-state index contributed by atoms with van der Waals surface area (Å²) in [6.45, 7) is 0. The summed E-state index contributed by atoms with van der Waals surface area (Å²) in [6, 6.07) is 0. The van der Waals surface area contributed by atoms with Crippen molar-refractivity contribution in [2.75, 3.05) is 0 Å². The van der Waals surface area contributed by atoms with Gasteiger partial charge >= 0.3 is 0 Å². The van der Waals surface area contributed by atoms with Crippen molar-refractivity contribution in [2.45, 2.75) is 12.5 Å². The van der Waals surface area contributed by atoms with E-state index in [4.69, 9.17) is 0 Å². The van der Waals surface area contributed by atoms with E-state index in [0.29, 0.717) is 6.42 Å². The summed E-state index contributed by atoms with van der Waals surface area (Å²) in [5, 5.41) is 13.6. The van der Waals surface area contributed by atoms with E-state index in [-0.39, 0.29) is 0 Å². The molecule has 0 fully saturated rings. The van der Waals surface area contributed by atoms with Gasteiger partial charge in [-0.2, -0.15) is 5.10 Å². The van der Waals surface area contributed by atoms with Gasteiger partial charge in [0.05, 0.1) is 5.69 Å². The topological polar surface area (TPSA) is 38.0 Å². The van der Waals surface area contributed by atoms with Gasteiger partial charge in [-0.3, -0.25) is 4.68 Å². The highest BCUT2D eigenvalue weighted by atomic mass is 16.3. The molecule has 0 aromatic carbocycles. The second kappa shape index (κ2) is 2.20. The van der Waals surface area contributed by atoms with Crippen LogP contribution in [-0.2, 0) is 7.05 Å². The molecule has 3 nitrogen and oxygen atoms in total. The molecule has 1 heterocycles. The number of aliphatic hydroxyl groups excluding tert-OH is 1. The van der Waals surface area contributed by atoms with Gasteiger partial charge in [0.15, 0.2) is 0 Å². The van der Waals surface area contributed by atoms with Crippen molar-refractivity contribution >= 4 is 6.08 Å². The van der Waals surface area contributed by atoms with Gasteiger partial charge in [0, 0.05) is 18.8 Å². The first-order valence-corrected chi connectivity index (χ1v) is 3.65. The van der Waals surface area contributed by atoms with Gasteiger partial charge in [0.1, 0.15) is 6.10 Å². The molecular weight excluding hydrogens is 140 g/mol. The van der Waals surface area contributed by atoms with Gasteiger partial charge < -0.3 is 5.11 Å². The van der Waals surface area contributed by atoms with Gasteiger partial charge in [-0.15, -0.1) is 0 Å². The number of aliphatic hydroxyl groups is 1. The summed E-state index contributed by atoms with van der Waals surface area (Å²) in [6.07, 6.45) is 6.15. The maximum absolute atomic E-state index is 9.45. The third-order valence-corrected chi connectivity index (χ3v) is 1.86. The van der Waals surface area contributed by atoms with Crippen molar-refractivity contribution < 1.29 is 5.11 Å². The molecule has 0 saturated carbocycles. The van der Waals surface area contributed by atoms with E-state index in [9.17, 15) is 5.11 Å². The number of fused-ring (bicyclic) bond motifs is 1. The summed E-state index contributed by atoms with van der Waals surface area (Å²) in [4.78, 5) is 0. The van der Waals surface area contributed by atoms with Crippen LogP contribution < -0.4 is 0 Å². The number of aromatic nitrogens is 2. The normalized spacial score (nSPS) is 21.8. The van der Waals surface area contributed by atoms with Crippen LogP contribution in [0, 0.1) is 0 Å². The number of hydrogen-bond acceptors (Lipinski definition) is 2. The minimum absolute atomic E-state index is 0.406. The molecule has 58 valence electrons. The number of hydrogen-bond donors (Lipinski definition) is 1. The first kappa shape index (κ1) is 6.61. The fourth-order valence-corrected chi connectivity index (χ4v) is 1.35. The van der Waals surface area contributed by atoms with E-state index < -0.39 is 6.10 Å². The lowest BCUT2D eigenvalue weighted by molar-refractivity contribution is 0.174. The molecule has 0 radical (unpaired) electrons. The van der Waals surface area contributed by atoms with E-state index >= 15 is 0 Å². The molecule has 1 aromatic heterocycles. The maximum atomic E-state index is 9.45. The molecule has 1 aliphatic rings. The Morgan fingerprint density at radius 1 is 1.73 bits per heavy atom. The molecule has 3 heteroatoms. The van der Waals surface area contributed by atoms with Crippen molar-refractivity contribution in [3.05, 3.63) is 23.5 Å². The van der Waals surface area contributed by atoms with Crippen molar-refractivity contribution in [1.82, 2.24) is 9.78 Å².